The molecule has 0 radical (unpaired) electrons. The molecule has 0 N–H and O–H groups in total. The van der Waals surface area contributed by atoms with Crippen molar-refractivity contribution in [2.24, 2.45) is 0 Å². The number of hydrogen-bond donors (Lipinski definition) is 0. The minimum Gasteiger partial charge on any atom is -0.331 e. The van der Waals surface area contributed by atoms with Gasteiger partial charge in [0, 0.05) is 0 Å². The van der Waals surface area contributed by atoms with Crippen LogP contribution in [0.4, 0.5) is 0 Å². The highest BCUT2D eigenvalue weighted by atomic mass is 28.3. The third-order valence-electron chi connectivity index (χ3n) is 3.13. The van der Waals surface area contributed by atoms with Crippen LogP contribution < -0.4 is 0 Å². The summed E-state index contributed by atoms with van der Waals surface area (Å²) in [5.41, 5.74) is 0. The molecule has 0 aromatic rings. The van der Waals surface area contributed by atoms with E-state index in [9.17, 15) is 0 Å². The van der Waals surface area contributed by atoms with E-state index in [-0.39, 0.29) is 19.7 Å². The van der Waals surface area contributed by atoms with Gasteiger partial charge in [0.25, 0.3) is 0 Å². The van der Waals surface area contributed by atoms with Gasteiger partial charge in [0.05, 0.1) is 0 Å². The van der Waals surface area contributed by atoms with Crippen LogP contribution in [0.1, 0.15) is 41.0 Å². The van der Waals surface area contributed by atoms with Crippen molar-refractivity contribution in [1.82, 2.24) is 13.4 Å². The SMILES string of the molecule is CCCN([SiH2]N(CC)CC)[SiH2]N(CC)CC. The lowest BCUT2D eigenvalue weighted by molar-refractivity contribution is 0.421. The third-order valence-corrected chi connectivity index (χ3v) is 8.35. The van der Waals surface area contributed by atoms with E-state index < -0.39 is 0 Å². The Bertz CT molecular complexity index is 136. The fraction of sp³-hybridized carbons (Fsp3) is 1.00. The predicted molar refractivity (Wildman–Crippen MR) is 79.9 cm³/mol. The molecule has 98 valence electrons. The van der Waals surface area contributed by atoms with Crippen LogP contribution in [0, 0.1) is 0 Å². The van der Waals surface area contributed by atoms with E-state index in [4.69, 9.17) is 0 Å². The van der Waals surface area contributed by atoms with Gasteiger partial charge in [0.2, 0.25) is 0 Å². The summed E-state index contributed by atoms with van der Waals surface area (Å²) in [5, 5.41) is 0. The Morgan fingerprint density at radius 3 is 1.31 bits per heavy atom. The first kappa shape index (κ1) is 16.3. The molecule has 0 aromatic heterocycles. The van der Waals surface area contributed by atoms with Crippen molar-refractivity contribution >= 4 is 19.7 Å². The molecule has 3 nitrogen and oxygen atoms in total. The first-order chi connectivity index (χ1) is 7.71. The van der Waals surface area contributed by atoms with Crippen LogP contribution in [-0.2, 0) is 0 Å². The summed E-state index contributed by atoms with van der Waals surface area (Å²) in [6.07, 6.45) is 1.31. The molecule has 16 heavy (non-hydrogen) atoms. The van der Waals surface area contributed by atoms with Gasteiger partial charge < -0.3 is 13.4 Å². The number of hydrogen-bond acceptors (Lipinski definition) is 3. The van der Waals surface area contributed by atoms with Crippen LogP contribution in [0.5, 0.6) is 0 Å². The molecule has 0 fully saturated rings. The summed E-state index contributed by atoms with van der Waals surface area (Å²) in [6, 6.07) is 0. The molecule has 5 heteroatoms. The molecular weight excluding hydrogens is 230 g/mol. The number of rotatable bonds is 10. The second-order valence-electron chi connectivity index (χ2n) is 4.28. The molecule has 0 spiro atoms. The molecule has 0 rings (SSSR count). The van der Waals surface area contributed by atoms with Crippen LogP contribution in [0.15, 0.2) is 0 Å². The Hall–Kier alpha value is 0.314. The van der Waals surface area contributed by atoms with Gasteiger partial charge in [0.1, 0.15) is 0 Å². The molecular formula is C11H31N3Si2. The fourth-order valence-electron chi connectivity index (χ4n) is 1.92. The molecule has 0 heterocycles. The number of nitrogens with zero attached hydrogens (tertiary/aromatic N) is 3. The van der Waals surface area contributed by atoms with Crippen LogP contribution >= 0.6 is 0 Å². The van der Waals surface area contributed by atoms with E-state index in [0.717, 1.165) is 0 Å². The quantitative estimate of drug-likeness (QED) is 0.527. The molecule has 0 saturated heterocycles. The van der Waals surface area contributed by atoms with Gasteiger partial charge in [-0.1, -0.05) is 34.6 Å². The van der Waals surface area contributed by atoms with Crippen molar-refractivity contribution in [2.45, 2.75) is 41.0 Å². The van der Waals surface area contributed by atoms with Crippen molar-refractivity contribution in [3.8, 4) is 0 Å². The minimum absolute atomic E-state index is 0.146. The highest BCUT2D eigenvalue weighted by Gasteiger charge is 2.12. The Kier molecular flexibility index (Phi) is 10.7. The third kappa shape index (κ3) is 6.80. The van der Waals surface area contributed by atoms with Crippen molar-refractivity contribution in [3.63, 3.8) is 0 Å². The Labute approximate surface area is 107 Å². The molecule has 0 atom stereocenters. The largest absolute Gasteiger partial charge is 0.331 e. The summed E-state index contributed by atoms with van der Waals surface area (Å²) >= 11 is 0. The Morgan fingerprint density at radius 2 is 1.06 bits per heavy atom. The maximum atomic E-state index is 2.83. The minimum atomic E-state index is -0.146. The smallest absolute Gasteiger partial charge is 0.166 e. The van der Waals surface area contributed by atoms with Gasteiger partial charge in [-0.2, -0.15) is 0 Å². The first-order valence-corrected chi connectivity index (χ1v) is 9.41. The molecule has 0 aromatic carbocycles. The zero-order valence-electron chi connectivity index (χ0n) is 12.0. The topological polar surface area (TPSA) is 9.72 Å². The summed E-state index contributed by atoms with van der Waals surface area (Å²) in [4.78, 5) is 0. The average molecular weight is 262 g/mol. The molecule has 0 saturated carbocycles. The second kappa shape index (κ2) is 10.5. The second-order valence-corrected chi connectivity index (χ2v) is 9.32. The van der Waals surface area contributed by atoms with Crippen LogP contribution in [-0.4, -0.2) is 65.8 Å². The van der Waals surface area contributed by atoms with Gasteiger partial charge in [-0.25, -0.2) is 0 Å². The van der Waals surface area contributed by atoms with E-state index >= 15 is 0 Å². The summed E-state index contributed by atoms with van der Waals surface area (Å²) in [6.45, 7) is 17.7. The molecule has 0 aliphatic heterocycles. The lowest BCUT2D eigenvalue weighted by Crippen LogP contribution is -2.49. The predicted octanol–water partition coefficient (Wildman–Crippen LogP) is 0.380. The zero-order chi connectivity index (χ0) is 12.4. The highest BCUT2D eigenvalue weighted by Crippen LogP contribution is 1.95. The van der Waals surface area contributed by atoms with E-state index in [1.54, 1.807) is 0 Å². The first-order valence-electron chi connectivity index (χ1n) is 6.88. The lowest BCUT2D eigenvalue weighted by atomic mass is 10.5. The van der Waals surface area contributed by atoms with Crippen molar-refractivity contribution in [2.75, 3.05) is 32.7 Å². The molecule has 0 amide bonds. The summed E-state index contributed by atoms with van der Waals surface area (Å²) in [7, 11) is -0.293. The zero-order valence-corrected chi connectivity index (χ0v) is 14.8. The standard InChI is InChI=1S/C11H31N3Si2/c1-6-11-14(15-12(7-2)8-3)16-13(9-4)10-5/h6-11,15-16H2,1-5H3. The van der Waals surface area contributed by atoms with E-state index in [1.165, 1.54) is 39.1 Å². The van der Waals surface area contributed by atoms with Crippen LogP contribution in [0.2, 0.25) is 0 Å². The fourth-order valence-corrected chi connectivity index (χ4v) is 6.82. The maximum Gasteiger partial charge on any atom is 0.166 e. The normalized spacial score (nSPS) is 13.5. The molecule has 0 aliphatic carbocycles. The maximum absolute atomic E-state index is 2.83. The molecule has 0 aliphatic rings. The van der Waals surface area contributed by atoms with E-state index in [2.05, 4.69) is 48.0 Å². The van der Waals surface area contributed by atoms with Gasteiger partial charge in [0.15, 0.2) is 19.7 Å². The van der Waals surface area contributed by atoms with Crippen molar-refractivity contribution in [1.29, 1.82) is 0 Å². The van der Waals surface area contributed by atoms with Gasteiger partial charge in [-0.05, 0) is 39.1 Å². The molecule has 0 bridgehead atoms. The Balaban J connectivity index is 4.13. The van der Waals surface area contributed by atoms with Gasteiger partial charge in [-0.3, -0.25) is 0 Å². The Morgan fingerprint density at radius 1 is 0.688 bits per heavy atom. The molecule has 0 unspecified atom stereocenters. The van der Waals surface area contributed by atoms with Crippen LogP contribution in [0.3, 0.4) is 0 Å². The van der Waals surface area contributed by atoms with Gasteiger partial charge >= 0.3 is 0 Å². The van der Waals surface area contributed by atoms with E-state index in [1.807, 2.05) is 0 Å². The highest BCUT2D eigenvalue weighted by molar-refractivity contribution is 6.47. The van der Waals surface area contributed by atoms with Crippen molar-refractivity contribution in [3.05, 3.63) is 0 Å². The van der Waals surface area contributed by atoms with Crippen LogP contribution in [0.25, 0.3) is 0 Å². The summed E-state index contributed by atoms with van der Waals surface area (Å²) < 4.78 is 8.15. The van der Waals surface area contributed by atoms with E-state index in [0.29, 0.717) is 0 Å². The van der Waals surface area contributed by atoms with Crippen molar-refractivity contribution < 1.29 is 0 Å². The van der Waals surface area contributed by atoms with Gasteiger partial charge in [-0.15, -0.1) is 0 Å². The average Bonchev–Trinajstić information content (AvgIpc) is 2.32. The lowest BCUT2D eigenvalue weighted by Gasteiger charge is -2.32. The summed E-state index contributed by atoms with van der Waals surface area (Å²) in [5.74, 6) is 0. The monoisotopic (exact) mass is 261 g/mol.